The van der Waals surface area contributed by atoms with Crippen LogP contribution in [-0.4, -0.2) is 45.6 Å². The minimum Gasteiger partial charge on any atom is -0.496 e. The number of fused-ring (bicyclic) bond motifs is 1. The van der Waals surface area contributed by atoms with Gasteiger partial charge in [-0.3, -0.25) is 19.6 Å². The zero-order chi connectivity index (χ0) is 26.8. The summed E-state index contributed by atoms with van der Waals surface area (Å²) in [5, 5.41) is 22.3. The number of methoxy groups -OCH3 is 2. The number of nitro groups is 1. The quantitative estimate of drug-likeness (QED) is 0.313. The molecule has 2 heterocycles. The zero-order valence-electron chi connectivity index (χ0n) is 21.5. The van der Waals surface area contributed by atoms with Crippen LogP contribution < -0.4 is 9.47 Å². The Labute approximate surface area is 220 Å². The number of aromatic nitrogens is 2. The van der Waals surface area contributed by atoms with E-state index in [1.54, 1.807) is 14.2 Å². The Morgan fingerprint density at radius 3 is 2.55 bits per heavy atom. The summed E-state index contributed by atoms with van der Waals surface area (Å²) in [6, 6.07) is 14.8. The van der Waals surface area contributed by atoms with Gasteiger partial charge in [0, 0.05) is 23.6 Å². The normalized spacial score (nSPS) is 19.7. The van der Waals surface area contributed by atoms with Crippen LogP contribution in [0.2, 0.25) is 0 Å². The number of amides is 1. The van der Waals surface area contributed by atoms with E-state index in [0.717, 1.165) is 47.4 Å². The van der Waals surface area contributed by atoms with Crippen LogP contribution in [0.5, 0.6) is 11.5 Å². The number of para-hydroxylation sites is 2. The molecule has 196 valence electrons. The minimum atomic E-state index is -0.613. The number of carbonyl (C=O) groups excluding carboxylic acids is 1. The van der Waals surface area contributed by atoms with E-state index in [1.165, 1.54) is 15.9 Å². The van der Waals surface area contributed by atoms with E-state index in [9.17, 15) is 14.9 Å². The lowest BCUT2D eigenvalue weighted by atomic mass is 9.77. The predicted octanol–water partition coefficient (Wildman–Crippen LogP) is 5.27. The van der Waals surface area contributed by atoms with Crippen LogP contribution in [0.1, 0.15) is 53.8 Å². The fourth-order valence-electron chi connectivity index (χ4n) is 5.33. The topological polar surface area (TPSA) is 112 Å². The van der Waals surface area contributed by atoms with Gasteiger partial charge in [0.25, 0.3) is 0 Å². The minimum absolute atomic E-state index is 0.114. The van der Waals surface area contributed by atoms with Gasteiger partial charge >= 0.3 is 11.6 Å². The second-order valence-electron chi connectivity index (χ2n) is 9.21. The van der Waals surface area contributed by atoms with Crippen molar-refractivity contribution >= 4 is 23.4 Å². The smallest absolute Gasteiger partial charge is 0.320 e. The second kappa shape index (κ2) is 10.5. The fraction of sp³-hybridized carbons (Fsp3) is 0.321. The fourth-order valence-corrected chi connectivity index (χ4v) is 5.33. The SMILES string of the molecule is CCn1cc([N+](=O)[O-])c(C(=O)N2N=C3/C(=C/c4ccccc4OC)CCCC3C2c2ccccc2OC)n1. The van der Waals surface area contributed by atoms with E-state index < -0.39 is 16.9 Å². The zero-order valence-corrected chi connectivity index (χ0v) is 21.5. The van der Waals surface area contributed by atoms with Crippen LogP contribution >= 0.6 is 0 Å². The molecule has 1 fully saturated rings. The van der Waals surface area contributed by atoms with E-state index in [0.29, 0.717) is 12.3 Å². The monoisotopic (exact) mass is 515 g/mol. The molecule has 1 saturated carbocycles. The molecule has 1 aromatic heterocycles. The average Bonchev–Trinajstić information content (AvgIpc) is 3.56. The first-order valence-corrected chi connectivity index (χ1v) is 12.6. The van der Waals surface area contributed by atoms with Gasteiger partial charge in [-0.15, -0.1) is 0 Å². The van der Waals surface area contributed by atoms with Crippen molar-refractivity contribution in [3.8, 4) is 11.5 Å². The first-order chi connectivity index (χ1) is 18.5. The third kappa shape index (κ3) is 4.42. The van der Waals surface area contributed by atoms with Crippen molar-refractivity contribution in [2.45, 2.75) is 38.8 Å². The van der Waals surface area contributed by atoms with E-state index >= 15 is 0 Å². The van der Waals surface area contributed by atoms with Crippen molar-refractivity contribution < 1.29 is 19.2 Å². The summed E-state index contributed by atoms with van der Waals surface area (Å²) in [6.45, 7) is 2.20. The molecule has 2 atom stereocenters. The molecule has 10 nitrogen and oxygen atoms in total. The standard InChI is InChI=1S/C28H29N5O5/c1-4-31-17-22(33(35)36)26(29-31)28(34)32-27(20-12-6-8-15-24(20)38-3)21-13-9-11-19(25(21)30-32)16-18-10-5-7-14-23(18)37-2/h5-8,10,12,14-17,21,27H,4,9,11,13H2,1-3H3/b19-16+. The highest BCUT2D eigenvalue weighted by atomic mass is 16.6. The summed E-state index contributed by atoms with van der Waals surface area (Å²) in [5.74, 6) is 0.646. The molecule has 0 spiro atoms. The molecule has 5 rings (SSSR count). The van der Waals surface area contributed by atoms with Crippen molar-refractivity contribution in [1.82, 2.24) is 14.8 Å². The predicted molar refractivity (Wildman–Crippen MR) is 142 cm³/mol. The molecule has 1 aliphatic heterocycles. The Balaban J connectivity index is 1.65. The van der Waals surface area contributed by atoms with Gasteiger partial charge in [-0.2, -0.15) is 10.2 Å². The number of ether oxygens (including phenoxy) is 2. The van der Waals surface area contributed by atoms with Crippen molar-refractivity contribution in [3.63, 3.8) is 0 Å². The van der Waals surface area contributed by atoms with Gasteiger partial charge in [0.2, 0.25) is 5.69 Å². The third-order valence-electron chi connectivity index (χ3n) is 7.10. The Kier molecular flexibility index (Phi) is 6.95. The van der Waals surface area contributed by atoms with Crippen LogP contribution in [0.25, 0.3) is 6.08 Å². The van der Waals surface area contributed by atoms with Gasteiger partial charge in [0.1, 0.15) is 17.7 Å². The molecule has 1 aliphatic carbocycles. The largest absolute Gasteiger partial charge is 0.496 e. The number of aryl methyl sites for hydroxylation is 1. The van der Waals surface area contributed by atoms with Crippen LogP contribution in [-0.2, 0) is 6.54 Å². The summed E-state index contributed by atoms with van der Waals surface area (Å²) < 4.78 is 12.6. The highest BCUT2D eigenvalue weighted by molar-refractivity contribution is 6.09. The third-order valence-corrected chi connectivity index (χ3v) is 7.10. The summed E-state index contributed by atoms with van der Waals surface area (Å²) in [7, 11) is 3.22. The number of nitrogens with zero attached hydrogens (tertiary/aromatic N) is 5. The molecule has 0 N–H and O–H groups in total. The molecule has 2 unspecified atom stereocenters. The Hall–Kier alpha value is -4.47. The van der Waals surface area contributed by atoms with Crippen LogP contribution in [0, 0.1) is 16.0 Å². The van der Waals surface area contributed by atoms with Gasteiger partial charge in [-0.1, -0.05) is 36.4 Å². The maximum Gasteiger partial charge on any atom is 0.320 e. The van der Waals surface area contributed by atoms with Crippen LogP contribution in [0.4, 0.5) is 5.69 Å². The van der Waals surface area contributed by atoms with Gasteiger partial charge in [-0.05, 0) is 50.0 Å². The number of allylic oxidation sites excluding steroid dienone is 1. The van der Waals surface area contributed by atoms with Gasteiger partial charge in [-0.25, -0.2) is 5.01 Å². The molecule has 3 aromatic rings. The molecule has 2 aromatic carbocycles. The molecular weight excluding hydrogens is 486 g/mol. The summed E-state index contributed by atoms with van der Waals surface area (Å²) in [5.41, 5.74) is 2.96. The summed E-state index contributed by atoms with van der Waals surface area (Å²) >= 11 is 0. The molecule has 10 heteroatoms. The van der Waals surface area contributed by atoms with E-state index in [1.807, 2.05) is 55.5 Å². The van der Waals surface area contributed by atoms with Gasteiger partial charge in [0.15, 0.2) is 0 Å². The molecule has 2 aliphatic rings. The van der Waals surface area contributed by atoms with Crippen molar-refractivity contribution in [2.24, 2.45) is 11.0 Å². The van der Waals surface area contributed by atoms with E-state index in [4.69, 9.17) is 14.6 Å². The summed E-state index contributed by atoms with van der Waals surface area (Å²) in [6.07, 6.45) is 5.85. The number of hydrogen-bond donors (Lipinski definition) is 0. The molecule has 38 heavy (non-hydrogen) atoms. The number of hydrogen-bond acceptors (Lipinski definition) is 7. The maximum absolute atomic E-state index is 14.0. The first-order valence-electron chi connectivity index (χ1n) is 12.6. The van der Waals surface area contributed by atoms with Gasteiger partial charge in [0.05, 0.1) is 30.9 Å². The Morgan fingerprint density at radius 1 is 1.13 bits per heavy atom. The number of benzene rings is 2. The number of rotatable bonds is 7. The van der Waals surface area contributed by atoms with Crippen LogP contribution in [0.3, 0.4) is 0 Å². The van der Waals surface area contributed by atoms with Crippen molar-refractivity contribution in [1.29, 1.82) is 0 Å². The number of carbonyl (C=O) groups is 1. The molecular formula is C28H29N5O5. The summed E-state index contributed by atoms with van der Waals surface area (Å²) in [4.78, 5) is 25.2. The molecule has 0 saturated heterocycles. The number of hydrazone groups is 1. The van der Waals surface area contributed by atoms with Crippen LogP contribution in [0.15, 0.2) is 65.4 Å². The highest BCUT2D eigenvalue weighted by Gasteiger charge is 2.46. The molecule has 0 radical (unpaired) electrons. The Bertz CT molecular complexity index is 1440. The van der Waals surface area contributed by atoms with E-state index in [2.05, 4.69) is 11.2 Å². The maximum atomic E-state index is 14.0. The van der Waals surface area contributed by atoms with E-state index in [-0.39, 0.29) is 17.3 Å². The lowest BCUT2D eigenvalue weighted by Crippen LogP contribution is -2.32. The van der Waals surface area contributed by atoms with Gasteiger partial charge < -0.3 is 9.47 Å². The van der Waals surface area contributed by atoms with Crippen molar-refractivity contribution in [2.75, 3.05) is 14.2 Å². The lowest BCUT2D eigenvalue weighted by Gasteiger charge is -2.30. The lowest BCUT2D eigenvalue weighted by molar-refractivity contribution is -0.385. The van der Waals surface area contributed by atoms with Crippen molar-refractivity contribution in [3.05, 3.63) is 87.2 Å². The highest BCUT2D eigenvalue weighted by Crippen LogP contribution is 2.47. The first kappa shape index (κ1) is 25.2. The average molecular weight is 516 g/mol. The molecule has 1 amide bonds. The Morgan fingerprint density at radius 2 is 1.84 bits per heavy atom. The second-order valence-corrected chi connectivity index (χ2v) is 9.21. The molecule has 0 bridgehead atoms.